The zero-order valence-corrected chi connectivity index (χ0v) is 7.54. The van der Waals surface area contributed by atoms with Crippen molar-refractivity contribution in [1.29, 1.82) is 0 Å². The fraction of sp³-hybridized carbons (Fsp3) is 0.500. The van der Waals surface area contributed by atoms with Crippen molar-refractivity contribution in [3.8, 4) is 0 Å². The van der Waals surface area contributed by atoms with Crippen LogP contribution in [0.4, 0.5) is 5.82 Å². The van der Waals surface area contributed by atoms with Crippen LogP contribution in [0.2, 0.25) is 0 Å². The van der Waals surface area contributed by atoms with Gasteiger partial charge in [0.1, 0.15) is 5.82 Å². The SMILES string of the molecule is CC1Cc2cccnc2NC1C. The van der Waals surface area contributed by atoms with Crippen molar-refractivity contribution in [1.82, 2.24) is 4.98 Å². The smallest absolute Gasteiger partial charge is 0.129 e. The van der Waals surface area contributed by atoms with Crippen molar-refractivity contribution in [2.75, 3.05) is 5.32 Å². The Morgan fingerprint density at radius 3 is 3.17 bits per heavy atom. The molecule has 2 unspecified atom stereocenters. The lowest BCUT2D eigenvalue weighted by molar-refractivity contribution is 0.488. The number of aromatic nitrogens is 1. The summed E-state index contributed by atoms with van der Waals surface area (Å²) in [5, 5.41) is 3.40. The Kier molecular flexibility index (Phi) is 1.75. The highest BCUT2D eigenvalue weighted by Crippen LogP contribution is 2.25. The van der Waals surface area contributed by atoms with Gasteiger partial charge in [0.2, 0.25) is 0 Å². The van der Waals surface area contributed by atoms with Crippen molar-refractivity contribution in [2.45, 2.75) is 26.3 Å². The maximum Gasteiger partial charge on any atom is 0.129 e. The van der Waals surface area contributed by atoms with Crippen LogP contribution in [0.25, 0.3) is 0 Å². The molecule has 0 radical (unpaired) electrons. The van der Waals surface area contributed by atoms with E-state index in [0.717, 1.165) is 12.2 Å². The normalized spacial score (nSPS) is 27.5. The summed E-state index contributed by atoms with van der Waals surface area (Å²) in [6.45, 7) is 4.48. The van der Waals surface area contributed by atoms with Crippen molar-refractivity contribution < 1.29 is 0 Å². The van der Waals surface area contributed by atoms with Gasteiger partial charge in [-0.1, -0.05) is 13.0 Å². The quantitative estimate of drug-likeness (QED) is 0.631. The third-order valence-electron chi connectivity index (χ3n) is 2.65. The fourth-order valence-corrected chi connectivity index (χ4v) is 1.61. The Balaban J connectivity index is 2.34. The standard InChI is InChI=1S/C10H14N2/c1-7-6-9-4-3-5-11-10(9)12-8(7)2/h3-5,7-8H,6H2,1-2H3,(H,11,12). The fourth-order valence-electron chi connectivity index (χ4n) is 1.61. The number of nitrogens with one attached hydrogen (secondary N) is 1. The molecule has 0 spiro atoms. The van der Waals surface area contributed by atoms with Gasteiger partial charge in [-0.25, -0.2) is 4.98 Å². The predicted octanol–water partition coefficient (Wildman–Crippen LogP) is 2.07. The van der Waals surface area contributed by atoms with E-state index in [0.29, 0.717) is 12.0 Å². The lowest BCUT2D eigenvalue weighted by Crippen LogP contribution is -2.30. The first-order chi connectivity index (χ1) is 5.77. The van der Waals surface area contributed by atoms with Gasteiger partial charge in [0.25, 0.3) is 0 Å². The number of anilines is 1. The maximum absolute atomic E-state index is 4.29. The molecule has 64 valence electrons. The van der Waals surface area contributed by atoms with Crippen LogP contribution in [0.1, 0.15) is 19.4 Å². The van der Waals surface area contributed by atoms with Crippen LogP contribution < -0.4 is 5.32 Å². The molecule has 2 nitrogen and oxygen atoms in total. The van der Waals surface area contributed by atoms with Gasteiger partial charge < -0.3 is 5.32 Å². The molecule has 1 aromatic rings. The second kappa shape index (κ2) is 2.77. The molecule has 0 bridgehead atoms. The summed E-state index contributed by atoms with van der Waals surface area (Å²) in [4.78, 5) is 4.29. The largest absolute Gasteiger partial charge is 0.367 e. The third-order valence-corrected chi connectivity index (χ3v) is 2.65. The third kappa shape index (κ3) is 1.17. The summed E-state index contributed by atoms with van der Waals surface area (Å²) in [7, 11) is 0. The van der Waals surface area contributed by atoms with Gasteiger partial charge in [-0.2, -0.15) is 0 Å². The van der Waals surface area contributed by atoms with Crippen molar-refractivity contribution >= 4 is 5.82 Å². The minimum Gasteiger partial charge on any atom is -0.367 e. The number of nitrogens with zero attached hydrogens (tertiary/aromatic N) is 1. The van der Waals surface area contributed by atoms with E-state index >= 15 is 0 Å². The van der Waals surface area contributed by atoms with E-state index in [1.165, 1.54) is 5.56 Å². The highest BCUT2D eigenvalue weighted by atomic mass is 15.0. The molecule has 12 heavy (non-hydrogen) atoms. The molecule has 1 aliphatic heterocycles. The molecule has 2 heteroatoms. The Morgan fingerprint density at radius 2 is 2.33 bits per heavy atom. The Labute approximate surface area is 73.0 Å². The summed E-state index contributed by atoms with van der Waals surface area (Å²) < 4.78 is 0. The molecule has 0 saturated heterocycles. The molecule has 0 fully saturated rings. The lowest BCUT2D eigenvalue weighted by atomic mass is 9.91. The van der Waals surface area contributed by atoms with E-state index < -0.39 is 0 Å². The van der Waals surface area contributed by atoms with E-state index in [1.807, 2.05) is 12.3 Å². The maximum atomic E-state index is 4.29. The van der Waals surface area contributed by atoms with Gasteiger partial charge in [0.05, 0.1) is 0 Å². The van der Waals surface area contributed by atoms with Crippen molar-refractivity contribution in [2.24, 2.45) is 5.92 Å². The van der Waals surface area contributed by atoms with Crippen LogP contribution in [0, 0.1) is 5.92 Å². The van der Waals surface area contributed by atoms with E-state index in [4.69, 9.17) is 0 Å². The van der Waals surface area contributed by atoms with Crippen LogP contribution >= 0.6 is 0 Å². The Bertz CT molecular complexity index is 254. The highest BCUT2D eigenvalue weighted by Gasteiger charge is 2.20. The average molecular weight is 162 g/mol. The van der Waals surface area contributed by atoms with Crippen LogP contribution in [0.5, 0.6) is 0 Å². The number of hydrogen-bond donors (Lipinski definition) is 1. The molecule has 2 heterocycles. The zero-order valence-electron chi connectivity index (χ0n) is 7.54. The average Bonchev–Trinajstić information content (AvgIpc) is 2.07. The summed E-state index contributed by atoms with van der Waals surface area (Å²) in [5.41, 5.74) is 1.35. The minimum absolute atomic E-state index is 0.549. The zero-order chi connectivity index (χ0) is 8.55. The molecule has 1 aromatic heterocycles. The molecule has 0 aromatic carbocycles. The minimum atomic E-state index is 0.549. The lowest BCUT2D eigenvalue weighted by Gasteiger charge is -2.28. The number of fused-ring (bicyclic) bond motifs is 1. The van der Waals surface area contributed by atoms with Crippen LogP contribution in [-0.4, -0.2) is 11.0 Å². The molecule has 1 N–H and O–H groups in total. The van der Waals surface area contributed by atoms with Gasteiger partial charge in [-0.15, -0.1) is 0 Å². The molecule has 0 aliphatic carbocycles. The first-order valence-electron chi connectivity index (χ1n) is 4.48. The molecular formula is C10H14N2. The van der Waals surface area contributed by atoms with E-state index in [1.54, 1.807) is 0 Å². The first kappa shape index (κ1) is 7.59. The van der Waals surface area contributed by atoms with Gasteiger partial charge in [-0.3, -0.25) is 0 Å². The number of rotatable bonds is 0. The Morgan fingerprint density at radius 1 is 1.50 bits per heavy atom. The van der Waals surface area contributed by atoms with Gasteiger partial charge in [0.15, 0.2) is 0 Å². The molecule has 0 saturated carbocycles. The topological polar surface area (TPSA) is 24.9 Å². The Hall–Kier alpha value is -1.05. The molecule has 1 aliphatic rings. The molecular weight excluding hydrogens is 148 g/mol. The van der Waals surface area contributed by atoms with Crippen molar-refractivity contribution in [3.63, 3.8) is 0 Å². The van der Waals surface area contributed by atoms with Crippen LogP contribution in [0.15, 0.2) is 18.3 Å². The van der Waals surface area contributed by atoms with E-state index in [9.17, 15) is 0 Å². The predicted molar refractivity (Wildman–Crippen MR) is 50.2 cm³/mol. The summed E-state index contributed by atoms with van der Waals surface area (Å²) in [6.07, 6.45) is 2.99. The molecule has 0 amide bonds. The van der Waals surface area contributed by atoms with Crippen molar-refractivity contribution in [3.05, 3.63) is 23.9 Å². The summed E-state index contributed by atoms with van der Waals surface area (Å²) in [5.74, 6) is 1.78. The monoisotopic (exact) mass is 162 g/mol. The van der Waals surface area contributed by atoms with E-state index in [2.05, 4.69) is 30.2 Å². The van der Waals surface area contributed by atoms with Gasteiger partial charge in [0, 0.05) is 12.2 Å². The second-order valence-electron chi connectivity index (χ2n) is 3.63. The first-order valence-corrected chi connectivity index (χ1v) is 4.48. The molecule has 2 atom stereocenters. The van der Waals surface area contributed by atoms with Crippen LogP contribution in [0.3, 0.4) is 0 Å². The highest BCUT2D eigenvalue weighted by molar-refractivity contribution is 5.47. The van der Waals surface area contributed by atoms with Crippen LogP contribution in [-0.2, 0) is 6.42 Å². The molecule has 2 rings (SSSR count). The second-order valence-corrected chi connectivity index (χ2v) is 3.63. The summed E-state index contributed by atoms with van der Waals surface area (Å²) >= 11 is 0. The number of pyridine rings is 1. The van der Waals surface area contributed by atoms with E-state index in [-0.39, 0.29) is 0 Å². The number of hydrogen-bond acceptors (Lipinski definition) is 2. The van der Waals surface area contributed by atoms with Gasteiger partial charge in [-0.05, 0) is 30.9 Å². The van der Waals surface area contributed by atoms with Gasteiger partial charge >= 0.3 is 0 Å². The summed E-state index contributed by atoms with van der Waals surface area (Å²) in [6, 6.07) is 4.70.